The number of nitrogens with one attached hydrogen (secondary N) is 2. The van der Waals surface area contributed by atoms with Gasteiger partial charge in [0.2, 0.25) is 5.91 Å². The first kappa shape index (κ1) is 16.1. The van der Waals surface area contributed by atoms with E-state index in [1.807, 2.05) is 48.5 Å². The molecule has 0 aliphatic carbocycles. The van der Waals surface area contributed by atoms with Crippen LogP contribution in [0.3, 0.4) is 0 Å². The van der Waals surface area contributed by atoms with E-state index in [-0.39, 0.29) is 11.5 Å². The summed E-state index contributed by atoms with van der Waals surface area (Å²) in [6.45, 7) is 0. The van der Waals surface area contributed by atoms with Crippen LogP contribution in [0.1, 0.15) is 5.56 Å². The molecule has 3 rings (SSSR count). The first-order chi connectivity index (χ1) is 11.6. The molecule has 0 aliphatic heterocycles. The number of benzene rings is 2. The van der Waals surface area contributed by atoms with E-state index >= 15 is 0 Å². The van der Waals surface area contributed by atoms with Gasteiger partial charge < -0.3 is 5.32 Å². The molecule has 2 N–H and O–H groups in total. The second kappa shape index (κ2) is 7.23. The minimum Gasteiger partial charge on any atom is -0.326 e. The van der Waals surface area contributed by atoms with Crippen molar-refractivity contribution >= 4 is 27.5 Å². The van der Waals surface area contributed by atoms with Crippen LogP contribution in [-0.2, 0) is 11.2 Å². The normalized spacial score (nSPS) is 10.4. The Kier molecular flexibility index (Phi) is 4.86. The Labute approximate surface area is 146 Å². The minimum atomic E-state index is -0.252. The number of H-pyrrole nitrogens is 1. The third-order valence-corrected chi connectivity index (χ3v) is 3.93. The molecule has 0 saturated heterocycles. The second-order valence-electron chi connectivity index (χ2n) is 5.24. The number of aromatic amines is 1. The van der Waals surface area contributed by atoms with Crippen molar-refractivity contribution in [3.63, 3.8) is 0 Å². The average molecular weight is 384 g/mol. The fraction of sp³-hybridized carbons (Fsp3) is 0.0556. The standard InChI is InChI=1S/C18H14BrN3O2/c19-14-6-4-12(5-7-14)10-18(24)20-15-3-1-2-13(11-15)16-8-9-17(23)22-21-16/h1-9,11H,10H2,(H,20,24)(H,22,23). The molecule has 2 aromatic carbocycles. The van der Waals surface area contributed by atoms with Gasteiger partial charge in [0.05, 0.1) is 12.1 Å². The molecule has 24 heavy (non-hydrogen) atoms. The van der Waals surface area contributed by atoms with Crippen molar-refractivity contribution in [1.29, 1.82) is 0 Å². The van der Waals surface area contributed by atoms with Crippen LogP contribution in [0.25, 0.3) is 11.3 Å². The van der Waals surface area contributed by atoms with Crippen molar-refractivity contribution in [2.75, 3.05) is 5.32 Å². The van der Waals surface area contributed by atoms with Crippen molar-refractivity contribution in [2.24, 2.45) is 0 Å². The van der Waals surface area contributed by atoms with E-state index in [9.17, 15) is 9.59 Å². The van der Waals surface area contributed by atoms with Crippen LogP contribution in [-0.4, -0.2) is 16.1 Å². The Morgan fingerprint density at radius 1 is 1.08 bits per heavy atom. The van der Waals surface area contributed by atoms with Gasteiger partial charge in [0, 0.05) is 21.8 Å². The van der Waals surface area contributed by atoms with Crippen molar-refractivity contribution in [3.05, 3.63) is 81.1 Å². The lowest BCUT2D eigenvalue weighted by atomic mass is 10.1. The molecule has 0 saturated carbocycles. The van der Waals surface area contributed by atoms with Gasteiger partial charge in [-0.15, -0.1) is 0 Å². The molecular formula is C18H14BrN3O2. The molecule has 0 fully saturated rings. The molecule has 1 heterocycles. The lowest BCUT2D eigenvalue weighted by Crippen LogP contribution is -2.14. The average Bonchev–Trinajstić information content (AvgIpc) is 2.58. The number of carbonyl (C=O) groups excluding carboxylic acids is 1. The molecule has 5 nitrogen and oxygen atoms in total. The highest BCUT2D eigenvalue weighted by Crippen LogP contribution is 2.20. The third kappa shape index (κ3) is 4.17. The monoisotopic (exact) mass is 383 g/mol. The highest BCUT2D eigenvalue weighted by molar-refractivity contribution is 9.10. The van der Waals surface area contributed by atoms with Crippen LogP contribution in [0.2, 0.25) is 0 Å². The summed E-state index contributed by atoms with van der Waals surface area (Å²) in [5, 5.41) is 9.27. The molecule has 6 heteroatoms. The first-order valence-corrected chi connectivity index (χ1v) is 8.10. The van der Waals surface area contributed by atoms with Crippen LogP contribution in [0.5, 0.6) is 0 Å². The van der Waals surface area contributed by atoms with Crippen LogP contribution < -0.4 is 10.9 Å². The number of nitrogens with zero attached hydrogens (tertiary/aromatic N) is 1. The Hall–Kier alpha value is -2.73. The molecule has 120 valence electrons. The van der Waals surface area contributed by atoms with Gasteiger partial charge in [0.15, 0.2) is 0 Å². The lowest BCUT2D eigenvalue weighted by Gasteiger charge is -2.07. The third-order valence-electron chi connectivity index (χ3n) is 3.40. The van der Waals surface area contributed by atoms with Crippen LogP contribution in [0.15, 0.2) is 69.9 Å². The highest BCUT2D eigenvalue weighted by Gasteiger charge is 2.06. The Morgan fingerprint density at radius 2 is 1.88 bits per heavy atom. The summed E-state index contributed by atoms with van der Waals surface area (Å²) in [6, 6.07) is 18.0. The lowest BCUT2D eigenvalue weighted by molar-refractivity contribution is -0.115. The summed E-state index contributed by atoms with van der Waals surface area (Å²) in [7, 11) is 0. The zero-order valence-electron chi connectivity index (χ0n) is 12.6. The zero-order chi connectivity index (χ0) is 16.9. The molecule has 0 aliphatic rings. The van der Waals surface area contributed by atoms with Crippen molar-refractivity contribution in [3.8, 4) is 11.3 Å². The first-order valence-electron chi connectivity index (χ1n) is 7.30. The number of hydrogen-bond acceptors (Lipinski definition) is 3. The predicted molar refractivity (Wildman–Crippen MR) is 96.8 cm³/mol. The maximum atomic E-state index is 12.2. The summed E-state index contributed by atoms with van der Waals surface area (Å²) >= 11 is 3.37. The maximum absolute atomic E-state index is 12.2. The van der Waals surface area contributed by atoms with E-state index in [4.69, 9.17) is 0 Å². The topological polar surface area (TPSA) is 74.8 Å². The molecule has 0 spiro atoms. The summed E-state index contributed by atoms with van der Waals surface area (Å²) in [6.07, 6.45) is 0.300. The number of anilines is 1. The van der Waals surface area contributed by atoms with E-state index in [2.05, 4.69) is 31.4 Å². The summed E-state index contributed by atoms with van der Waals surface area (Å²) in [4.78, 5) is 23.3. The van der Waals surface area contributed by atoms with Gasteiger partial charge in [-0.3, -0.25) is 9.59 Å². The Morgan fingerprint density at radius 3 is 2.58 bits per heavy atom. The number of aromatic nitrogens is 2. The number of carbonyl (C=O) groups is 1. The molecular weight excluding hydrogens is 370 g/mol. The summed E-state index contributed by atoms with van der Waals surface area (Å²) in [5.74, 6) is -0.0936. The Balaban J connectivity index is 1.72. The smallest absolute Gasteiger partial charge is 0.264 e. The molecule has 3 aromatic rings. The van der Waals surface area contributed by atoms with Gasteiger partial charge in [0.1, 0.15) is 0 Å². The van der Waals surface area contributed by atoms with Crippen molar-refractivity contribution in [1.82, 2.24) is 10.2 Å². The molecule has 0 unspecified atom stereocenters. The van der Waals surface area contributed by atoms with Crippen molar-refractivity contribution in [2.45, 2.75) is 6.42 Å². The zero-order valence-corrected chi connectivity index (χ0v) is 14.2. The summed E-state index contributed by atoms with van der Waals surface area (Å²) in [5.41, 5.74) is 2.82. The minimum absolute atomic E-state index is 0.0936. The van der Waals surface area contributed by atoms with Gasteiger partial charge in [-0.2, -0.15) is 5.10 Å². The summed E-state index contributed by atoms with van der Waals surface area (Å²) < 4.78 is 0.979. The molecule has 1 amide bonds. The van der Waals surface area contributed by atoms with Gasteiger partial charge in [-0.1, -0.05) is 40.2 Å². The van der Waals surface area contributed by atoms with Crippen molar-refractivity contribution < 1.29 is 4.79 Å². The molecule has 0 radical (unpaired) electrons. The fourth-order valence-corrected chi connectivity index (χ4v) is 2.52. The van der Waals surface area contributed by atoms with E-state index in [1.54, 1.807) is 6.07 Å². The number of halogens is 1. The van der Waals surface area contributed by atoms with E-state index < -0.39 is 0 Å². The van der Waals surface area contributed by atoms with Gasteiger partial charge >= 0.3 is 0 Å². The largest absolute Gasteiger partial charge is 0.326 e. The quantitative estimate of drug-likeness (QED) is 0.724. The molecule has 0 bridgehead atoms. The maximum Gasteiger partial charge on any atom is 0.264 e. The Bertz CT molecular complexity index is 900. The van der Waals surface area contributed by atoms with Gasteiger partial charge in [-0.25, -0.2) is 5.10 Å². The molecule has 1 aromatic heterocycles. The highest BCUT2D eigenvalue weighted by atomic mass is 79.9. The van der Waals surface area contributed by atoms with Gasteiger partial charge in [-0.05, 0) is 35.9 Å². The van der Waals surface area contributed by atoms with E-state index in [0.29, 0.717) is 17.8 Å². The van der Waals surface area contributed by atoms with Crippen LogP contribution >= 0.6 is 15.9 Å². The van der Waals surface area contributed by atoms with Gasteiger partial charge in [0.25, 0.3) is 5.56 Å². The number of amides is 1. The fourth-order valence-electron chi connectivity index (χ4n) is 2.25. The second-order valence-corrected chi connectivity index (χ2v) is 6.15. The number of hydrogen-bond donors (Lipinski definition) is 2. The van der Waals surface area contributed by atoms with Crippen LogP contribution in [0, 0.1) is 0 Å². The number of rotatable bonds is 4. The molecule has 0 atom stereocenters. The van der Waals surface area contributed by atoms with Crippen LogP contribution in [0.4, 0.5) is 5.69 Å². The van der Waals surface area contributed by atoms with E-state index in [1.165, 1.54) is 6.07 Å². The predicted octanol–water partition coefficient (Wildman–Crippen LogP) is 3.38. The van der Waals surface area contributed by atoms with E-state index in [0.717, 1.165) is 15.6 Å². The SMILES string of the molecule is O=C(Cc1ccc(Br)cc1)Nc1cccc(-c2ccc(=O)[nH]n2)c1.